The van der Waals surface area contributed by atoms with Crippen molar-refractivity contribution in [2.45, 2.75) is 0 Å². The van der Waals surface area contributed by atoms with Gasteiger partial charge in [-0.2, -0.15) is 4.57 Å². The van der Waals surface area contributed by atoms with E-state index in [9.17, 15) is 0 Å². The van der Waals surface area contributed by atoms with Gasteiger partial charge in [0.15, 0.2) is 0 Å². The Morgan fingerprint density at radius 2 is 1.64 bits per heavy atom. The summed E-state index contributed by atoms with van der Waals surface area (Å²) in [7, 11) is 6.23. The minimum atomic E-state index is 0. The highest BCUT2D eigenvalue weighted by Crippen LogP contribution is 2.21. The van der Waals surface area contributed by atoms with E-state index in [1.54, 1.807) is 0 Å². The SMILES string of the molecule is CN(C)c1ccc(/C=C/c2sc3ccccc3[n+]2C)cc1.[Cl-]. The van der Waals surface area contributed by atoms with Crippen LogP contribution in [0.5, 0.6) is 0 Å². The number of rotatable bonds is 3. The first-order valence-corrected chi connectivity index (χ1v) is 7.80. The van der Waals surface area contributed by atoms with Gasteiger partial charge in [-0.05, 0) is 29.8 Å². The third-order valence-corrected chi connectivity index (χ3v) is 4.78. The van der Waals surface area contributed by atoms with E-state index in [1.807, 2.05) is 11.3 Å². The zero-order chi connectivity index (χ0) is 14.8. The third kappa shape index (κ3) is 3.32. The van der Waals surface area contributed by atoms with Crippen molar-refractivity contribution in [3.8, 4) is 0 Å². The summed E-state index contributed by atoms with van der Waals surface area (Å²) in [4.78, 5) is 2.11. The van der Waals surface area contributed by atoms with Crippen molar-refractivity contribution in [1.29, 1.82) is 0 Å². The normalized spacial score (nSPS) is 10.9. The number of hydrogen-bond acceptors (Lipinski definition) is 2. The Labute approximate surface area is 141 Å². The summed E-state index contributed by atoms with van der Waals surface area (Å²) in [5, 5.41) is 1.26. The molecule has 114 valence electrons. The predicted molar refractivity (Wildman–Crippen MR) is 92.7 cm³/mol. The summed E-state index contributed by atoms with van der Waals surface area (Å²) in [5.41, 5.74) is 3.72. The molecule has 0 aliphatic heterocycles. The van der Waals surface area contributed by atoms with Gasteiger partial charge in [0.2, 0.25) is 5.52 Å². The van der Waals surface area contributed by atoms with Crippen molar-refractivity contribution in [3.63, 3.8) is 0 Å². The van der Waals surface area contributed by atoms with E-state index in [0.717, 1.165) is 0 Å². The van der Waals surface area contributed by atoms with Crippen molar-refractivity contribution in [1.82, 2.24) is 0 Å². The maximum absolute atomic E-state index is 2.24. The molecule has 1 heterocycles. The van der Waals surface area contributed by atoms with E-state index in [1.165, 1.54) is 26.5 Å². The molecular weight excluding hydrogens is 312 g/mol. The molecule has 2 aromatic carbocycles. The van der Waals surface area contributed by atoms with Crippen LogP contribution in [0.25, 0.3) is 22.4 Å². The highest BCUT2D eigenvalue weighted by atomic mass is 35.5. The van der Waals surface area contributed by atoms with Crippen molar-refractivity contribution in [2.24, 2.45) is 7.05 Å². The molecule has 0 atom stereocenters. The summed E-state index contributed by atoms with van der Waals surface area (Å²) in [6.45, 7) is 0. The second-order valence-corrected chi connectivity index (χ2v) is 6.35. The molecule has 4 heteroatoms. The summed E-state index contributed by atoms with van der Waals surface area (Å²) in [5.74, 6) is 0. The molecule has 0 N–H and O–H groups in total. The van der Waals surface area contributed by atoms with Crippen molar-refractivity contribution >= 4 is 39.4 Å². The van der Waals surface area contributed by atoms with Gasteiger partial charge in [0.25, 0.3) is 5.01 Å². The quantitative estimate of drug-likeness (QED) is 0.649. The fourth-order valence-electron chi connectivity index (χ4n) is 2.32. The van der Waals surface area contributed by atoms with E-state index < -0.39 is 0 Å². The lowest BCUT2D eigenvalue weighted by molar-refractivity contribution is -0.642. The van der Waals surface area contributed by atoms with Gasteiger partial charge in [0.1, 0.15) is 11.7 Å². The standard InChI is InChI=1S/C18H19N2S.ClH/c1-19(2)15-11-8-14(9-12-15)10-13-18-20(3)16-6-4-5-7-17(16)21-18;/h4-13H,1-3H3;1H/q+1;/p-1. The predicted octanol–water partition coefficient (Wildman–Crippen LogP) is 0.966. The second kappa shape index (κ2) is 6.95. The Kier molecular flexibility index (Phi) is 5.22. The molecule has 1 aromatic heterocycles. The van der Waals surface area contributed by atoms with Gasteiger partial charge in [-0.15, -0.1) is 0 Å². The highest BCUT2D eigenvalue weighted by molar-refractivity contribution is 7.18. The summed E-state index contributed by atoms with van der Waals surface area (Å²) < 4.78 is 3.56. The first kappa shape index (κ1) is 16.5. The first-order chi connectivity index (χ1) is 10.1. The van der Waals surface area contributed by atoms with Crippen LogP contribution in [0, 0.1) is 0 Å². The summed E-state index contributed by atoms with van der Waals surface area (Å²) >= 11 is 1.82. The number of benzene rings is 2. The van der Waals surface area contributed by atoms with Crippen LogP contribution in [0.4, 0.5) is 5.69 Å². The molecule has 0 bridgehead atoms. The number of thiazole rings is 1. The van der Waals surface area contributed by atoms with E-state index in [0.29, 0.717) is 0 Å². The fraction of sp³-hybridized carbons (Fsp3) is 0.167. The lowest BCUT2D eigenvalue weighted by Gasteiger charge is -2.11. The number of hydrogen-bond donors (Lipinski definition) is 0. The lowest BCUT2D eigenvalue weighted by atomic mass is 10.2. The molecule has 0 saturated heterocycles. The Balaban J connectivity index is 0.00000176. The van der Waals surface area contributed by atoms with Crippen LogP contribution in [0.15, 0.2) is 48.5 Å². The zero-order valence-corrected chi connectivity index (χ0v) is 14.5. The van der Waals surface area contributed by atoms with Gasteiger partial charge in [-0.3, -0.25) is 0 Å². The molecule has 3 rings (SSSR count). The van der Waals surface area contributed by atoms with Crippen molar-refractivity contribution < 1.29 is 17.0 Å². The molecule has 0 aliphatic rings. The van der Waals surface area contributed by atoms with E-state index in [4.69, 9.17) is 0 Å². The minimum absolute atomic E-state index is 0. The molecule has 0 spiro atoms. The maximum Gasteiger partial charge on any atom is 0.262 e. The fourth-order valence-corrected chi connectivity index (χ4v) is 3.37. The molecule has 0 aliphatic carbocycles. The molecule has 22 heavy (non-hydrogen) atoms. The van der Waals surface area contributed by atoms with E-state index >= 15 is 0 Å². The Hall–Kier alpha value is -1.84. The van der Waals surface area contributed by atoms with Crippen LogP contribution in [0.1, 0.15) is 10.6 Å². The van der Waals surface area contributed by atoms with Crippen LogP contribution >= 0.6 is 11.3 Å². The number of fused-ring (bicyclic) bond motifs is 1. The largest absolute Gasteiger partial charge is 1.00 e. The number of aromatic nitrogens is 1. The smallest absolute Gasteiger partial charge is 0.262 e. The molecule has 2 nitrogen and oxygen atoms in total. The van der Waals surface area contributed by atoms with Crippen LogP contribution in [0.3, 0.4) is 0 Å². The topological polar surface area (TPSA) is 7.12 Å². The molecule has 0 unspecified atom stereocenters. The zero-order valence-electron chi connectivity index (χ0n) is 13.0. The van der Waals surface area contributed by atoms with Crippen molar-refractivity contribution in [3.05, 3.63) is 59.1 Å². The van der Waals surface area contributed by atoms with E-state index in [-0.39, 0.29) is 12.4 Å². The Bertz CT molecular complexity index is 788. The average molecular weight is 331 g/mol. The molecular formula is C18H19ClN2S. The van der Waals surface area contributed by atoms with Gasteiger partial charge >= 0.3 is 0 Å². The van der Waals surface area contributed by atoms with Crippen LogP contribution in [-0.4, -0.2) is 14.1 Å². The third-order valence-electron chi connectivity index (χ3n) is 3.60. The monoisotopic (exact) mass is 330 g/mol. The number of aryl methyl sites for hydroxylation is 1. The van der Waals surface area contributed by atoms with Gasteiger partial charge in [0.05, 0.1) is 0 Å². The average Bonchev–Trinajstić information content (AvgIpc) is 2.82. The summed E-state index contributed by atoms with van der Waals surface area (Å²) in [6, 6.07) is 17.1. The number of para-hydroxylation sites is 1. The number of anilines is 1. The molecule has 0 radical (unpaired) electrons. The van der Waals surface area contributed by atoms with Crippen LogP contribution in [0.2, 0.25) is 0 Å². The van der Waals surface area contributed by atoms with E-state index in [2.05, 4.69) is 91.3 Å². The highest BCUT2D eigenvalue weighted by Gasteiger charge is 2.13. The molecule has 0 saturated carbocycles. The molecule has 0 fully saturated rings. The van der Waals surface area contributed by atoms with Gasteiger partial charge in [0, 0.05) is 31.9 Å². The molecule has 3 aromatic rings. The maximum atomic E-state index is 2.24. The minimum Gasteiger partial charge on any atom is -1.00 e. The van der Waals surface area contributed by atoms with Crippen LogP contribution < -0.4 is 21.9 Å². The van der Waals surface area contributed by atoms with Crippen molar-refractivity contribution in [2.75, 3.05) is 19.0 Å². The van der Waals surface area contributed by atoms with Gasteiger partial charge in [-0.1, -0.05) is 35.6 Å². The number of halogens is 1. The first-order valence-electron chi connectivity index (χ1n) is 6.98. The van der Waals surface area contributed by atoms with Gasteiger partial charge in [-0.25, -0.2) is 0 Å². The lowest BCUT2D eigenvalue weighted by Crippen LogP contribution is -3.00. The van der Waals surface area contributed by atoms with Gasteiger partial charge < -0.3 is 17.3 Å². The molecule has 0 amide bonds. The van der Waals surface area contributed by atoms with Crippen LogP contribution in [-0.2, 0) is 7.05 Å². The number of nitrogens with zero attached hydrogens (tertiary/aromatic N) is 2. The Morgan fingerprint density at radius 3 is 2.27 bits per heavy atom. The Morgan fingerprint density at radius 1 is 0.955 bits per heavy atom. The second-order valence-electron chi connectivity index (χ2n) is 5.29. The summed E-state index contributed by atoms with van der Waals surface area (Å²) in [6.07, 6.45) is 4.36.